The van der Waals surface area contributed by atoms with Gasteiger partial charge in [0.2, 0.25) is 0 Å². The summed E-state index contributed by atoms with van der Waals surface area (Å²) in [5.41, 5.74) is 15.7. The van der Waals surface area contributed by atoms with Gasteiger partial charge >= 0.3 is 0 Å². The molecule has 0 aliphatic rings. The van der Waals surface area contributed by atoms with Gasteiger partial charge in [-0.15, -0.1) is 0 Å². The van der Waals surface area contributed by atoms with Crippen LogP contribution in [0, 0.1) is 34.5 Å². The molecule has 6 N–H and O–H groups in total. The van der Waals surface area contributed by atoms with Crippen molar-refractivity contribution in [1.29, 1.82) is 10.8 Å². The van der Waals surface area contributed by atoms with E-state index < -0.39 is 0 Å². The second kappa shape index (κ2) is 8.40. The van der Waals surface area contributed by atoms with Crippen LogP contribution < -0.4 is 11.5 Å². The Morgan fingerprint density at radius 3 is 1.25 bits per heavy atom. The maximum absolute atomic E-state index is 7.41. The van der Waals surface area contributed by atoms with Crippen molar-refractivity contribution in [3.63, 3.8) is 0 Å². The van der Waals surface area contributed by atoms with Crippen molar-refractivity contribution in [3.05, 3.63) is 106 Å². The van der Waals surface area contributed by atoms with Crippen LogP contribution in [0.5, 0.6) is 0 Å². The largest absolute Gasteiger partial charge is 0.384 e. The minimum Gasteiger partial charge on any atom is -0.384 e. The summed E-state index contributed by atoms with van der Waals surface area (Å²) in [4.78, 5) is 0. The van der Waals surface area contributed by atoms with Gasteiger partial charge in [0.1, 0.15) is 11.7 Å². The molecule has 0 amide bonds. The van der Waals surface area contributed by atoms with Gasteiger partial charge in [0, 0.05) is 33.4 Å². The summed E-state index contributed by atoms with van der Waals surface area (Å²) in [6, 6.07) is 22.2. The van der Waals surface area contributed by atoms with E-state index in [-0.39, 0.29) is 11.7 Å². The highest BCUT2D eigenvalue weighted by molar-refractivity contribution is 5.95. The van der Waals surface area contributed by atoms with Crippen LogP contribution in [0.4, 0.5) is 0 Å². The molecule has 0 bridgehead atoms. The standard InChI is InChI=1S/C24H18N4/c25-23(26)21-12-8-17(9-13-21)4-6-19-2-1-3-20(16-19)7-5-18-10-14-22(15-11-18)24(27)28/h1-3,8-16H,(H3,25,26)(H3,27,28). The topological polar surface area (TPSA) is 99.7 Å². The average molecular weight is 362 g/mol. The monoisotopic (exact) mass is 362 g/mol. The van der Waals surface area contributed by atoms with Crippen molar-refractivity contribution in [3.8, 4) is 23.7 Å². The summed E-state index contributed by atoms with van der Waals surface area (Å²) in [5.74, 6) is 12.5. The normalized spacial score (nSPS) is 9.43. The smallest absolute Gasteiger partial charge is 0.122 e. The van der Waals surface area contributed by atoms with Crippen LogP contribution in [-0.2, 0) is 0 Å². The molecule has 3 aromatic rings. The van der Waals surface area contributed by atoms with E-state index in [1.165, 1.54) is 0 Å². The van der Waals surface area contributed by atoms with E-state index in [0.717, 1.165) is 22.3 Å². The van der Waals surface area contributed by atoms with Gasteiger partial charge in [0.15, 0.2) is 0 Å². The molecular formula is C24H18N4. The van der Waals surface area contributed by atoms with Gasteiger partial charge in [0.05, 0.1) is 0 Å². The van der Waals surface area contributed by atoms with Crippen molar-refractivity contribution < 1.29 is 0 Å². The second-order valence-corrected chi connectivity index (χ2v) is 6.06. The van der Waals surface area contributed by atoms with Crippen molar-refractivity contribution >= 4 is 11.7 Å². The fourth-order valence-corrected chi connectivity index (χ4v) is 2.43. The SMILES string of the molecule is N=C(N)c1ccc(C#Cc2cccc(C#Cc3ccc(C(=N)N)cc3)c2)cc1. The first-order valence-corrected chi connectivity index (χ1v) is 8.54. The third-order valence-corrected chi connectivity index (χ3v) is 3.96. The molecule has 4 heteroatoms. The van der Waals surface area contributed by atoms with E-state index in [9.17, 15) is 0 Å². The third kappa shape index (κ3) is 4.88. The lowest BCUT2D eigenvalue weighted by Gasteiger charge is -1.97. The highest BCUT2D eigenvalue weighted by atomic mass is 14.7. The maximum Gasteiger partial charge on any atom is 0.122 e. The Kier molecular flexibility index (Phi) is 5.55. The Morgan fingerprint density at radius 1 is 0.536 bits per heavy atom. The van der Waals surface area contributed by atoms with E-state index in [4.69, 9.17) is 22.3 Å². The van der Waals surface area contributed by atoms with Crippen molar-refractivity contribution in [1.82, 2.24) is 0 Å². The number of nitrogens with one attached hydrogen (secondary N) is 2. The molecule has 0 radical (unpaired) electrons. The van der Waals surface area contributed by atoms with Gasteiger partial charge in [-0.05, 0) is 42.5 Å². The van der Waals surface area contributed by atoms with Gasteiger partial charge in [-0.2, -0.15) is 0 Å². The zero-order valence-electron chi connectivity index (χ0n) is 15.1. The Labute approximate surface area is 164 Å². The van der Waals surface area contributed by atoms with E-state index in [0.29, 0.717) is 11.1 Å². The minimum atomic E-state index is 0.0433. The van der Waals surface area contributed by atoms with E-state index in [2.05, 4.69) is 23.7 Å². The fourth-order valence-electron chi connectivity index (χ4n) is 2.43. The zero-order valence-corrected chi connectivity index (χ0v) is 15.1. The number of nitrogen functional groups attached to an aromatic ring is 2. The Morgan fingerprint density at radius 2 is 0.893 bits per heavy atom. The predicted octanol–water partition coefficient (Wildman–Crippen LogP) is 3.05. The molecule has 0 unspecified atom stereocenters. The highest BCUT2D eigenvalue weighted by Crippen LogP contribution is 2.07. The van der Waals surface area contributed by atoms with E-state index in [1.807, 2.05) is 48.5 Å². The number of nitrogens with two attached hydrogens (primary N) is 2. The summed E-state index contributed by atoms with van der Waals surface area (Å²) in [5, 5.41) is 14.8. The molecule has 0 aliphatic heterocycles. The van der Waals surface area contributed by atoms with Crippen LogP contribution in [0.25, 0.3) is 0 Å². The summed E-state index contributed by atoms with van der Waals surface area (Å²) in [7, 11) is 0. The molecule has 134 valence electrons. The molecule has 0 fully saturated rings. The molecule has 4 nitrogen and oxygen atoms in total. The summed E-state index contributed by atoms with van der Waals surface area (Å²) < 4.78 is 0. The Balaban J connectivity index is 1.76. The van der Waals surface area contributed by atoms with E-state index >= 15 is 0 Å². The first kappa shape index (κ1) is 18.5. The molecular weight excluding hydrogens is 344 g/mol. The molecule has 0 spiro atoms. The van der Waals surface area contributed by atoms with Gasteiger partial charge in [-0.3, -0.25) is 10.8 Å². The van der Waals surface area contributed by atoms with Crippen LogP contribution >= 0.6 is 0 Å². The zero-order chi connectivity index (χ0) is 19.9. The Bertz CT molecular complexity index is 1060. The van der Waals surface area contributed by atoms with Crippen LogP contribution in [0.1, 0.15) is 33.4 Å². The molecule has 28 heavy (non-hydrogen) atoms. The predicted molar refractivity (Wildman–Crippen MR) is 113 cm³/mol. The number of rotatable bonds is 2. The molecule has 0 heterocycles. The first-order chi connectivity index (χ1) is 13.5. The molecule has 3 aromatic carbocycles. The van der Waals surface area contributed by atoms with Crippen LogP contribution in [0.15, 0.2) is 72.8 Å². The lowest BCUT2D eigenvalue weighted by atomic mass is 10.1. The Hall–Kier alpha value is -4.28. The van der Waals surface area contributed by atoms with Crippen molar-refractivity contribution in [2.45, 2.75) is 0 Å². The minimum absolute atomic E-state index is 0.0433. The van der Waals surface area contributed by atoms with Crippen LogP contribution in [0.2, 0.25) is 0 Å². The van der Waals surface area contributed by atoms with Crippen molar-refractivity contribution in [2.24, 2.45) is 11.5 Å². The highest BCUT2D eigenvalue weighted by Gasteiger charge is 1.96. The summed E-state index contributed by atoms with van der Waals surface area (Å²) >= 11 is 0. The molecule has 0 atom stereocenters. The van der Waals surface area contributed by atoms with Gasteiger partial charge in [-0.25, -0.2) is 0 Å². The summed E-state index contributed by atoms with van der Waals surface area (Å²) in [6.07, 6.45) is 0. The third-order valence-electron chi connectivity index (χ3n) is 3.96. The number of benzene rings is 3. The fraction of sp³-hybridized carbons (Fsp3) is 0. The molecule has 0 saturated carbocycles. The number of amidine groups is 2. The molecule has 0 aromatic heterocycles. The van der Waals surface area contributed by atoms with E-state index in [1.54, 1.807) is 24.3 Å². The molecule has 3 rings (SSSR count). The lowest BCUT2D eigenvalue weighted by molar-refractivity contribution is 1.42. The lowest BCUT2D eigenvalue weighted by Crippen LogP contribution is -2.10. The van der Waals surface area contributed by atoms with Crippen molar-refractivity contribution in [2.75, 3.05) is 0 Å². The number of hydrogen-bond donors (Lipinski definition) is 4. The maximum atomic E-state index is 7.41. The second-order valence-electron chi connectivity index (χ2n) is 6.06. The average Bonchev–Trinajstić information content (AvgIpc) is 2.71. The molecule has 0 saturated heterocycles. The van der Waals surface area contributed by atoms with Gasteiger partial charge < -0.3 is 11.5 Å². The summed E-state index contributed by atoms with van der Waals surface area (Å²) in [6.45, 7) is 0. The van der Waals surface area contributed by atoms with Crippen LogP contribution in [0.3, 0.4) is 0 Å². The van der Waals surface area contributed by atoms with Crippen LogP contribution in [-0.4, -0.2) is 11.7 Å². The van der Waals surface area contributed by atoms with Gasteiger partial charge in [-0.1, -0.05) is 54.0 Å². The molecule has 0 aliphatic carbocycles. The first-order valence-electron chi connectivity index (χ1n) is 8.54. The number of hydrogen-bond acceptors (Lipinski definition) is 2. The van der Waals surface area contributed by atoms with Gasteiger partial charge in [0.25, 0.3) is 0 Å². The quantitative estimate of drug-likeness (QED) is 0.320.